The van der Waals surface area contributed by atoms with Crippen molar-refractivity contribution in [2.24, 2.45) is 0 Å². The normalized spacial score (nSPS) is 10.2. The van der Waals surface area contributed by atoms with E-state index in [-0.39, 0.29) is 6.54 Å². The maximum atomic E-state index is 11.5. The molecule has 0 fully saturated rings. The van der Waals surface area contributed by atoms with Gasteiger partial charge in [0.05, 0.1) is 6.54 Å². The summed E-state index contributed by atoms with van der Waals surface area (Å²) in [6.07, 6.45) is 3.19. The molecule has 1 aromatic rings. The van der Waals surface area contributed by atoms with Gasteiger partial charge in [-0.15, -0.1) is 0 Å². The number of hydrogen-bond donors (Lipinski definition) is 1. The topological polar surface area (TPSA) is 49.8 Å². The molecule has 0 saturated heterocycles. The first-order valence-corrected chi connectivity index (χ1v) is 6.45. The number of amides is 1. The average Bonchev–Trinajstić information content (AvgIpc) is 2.37. The lowest BCUT2D eigenvalue weighted by atomic mass is 10.2. The number of halogens is 1. The highest BCUT2D eigenvalue weighted by atomic mass is 35.5. The van der Waals surface area contributed by atoms with E-state index in [0.717, 1.165) is 25.7 Å². The van der Waals surface area contributed by atoms with Gasteiger partial charge in [0.1, 0.15) is 5.75 Å². The molecule has 0 saturated carbocycles. The molecule has 0 aromatic heterocycles. The largest absolute Gasteiger partial charge is 0.439 e. The van der Waals surface area contributed by atoms with Crippen LogP contribution in [0.5, 0.6) is 5.75 Å². The van der Waals surface area contributed by atoms with Crippen molar-refractivity contribution < 1.29 is 14.7 Å². The lowest BCUT2D eigenvalue weighted by Gasteiger charge is -2.14. The van der Waals surface area contributed by atoms with E-state index in [2.05, 4.69) is 6.92 Å². The van der Waals surface area contributed by atoms with Crippen molar-refractivity contribution in [3.8, 4) is 5.75 Å². The van der Waals surface area contributed by atoms with Crippen molar-refractivity contribution in [3.05, 3.63) is 29.3 Å². The van der Waals surface area contributed by atoms with E-state index in [1.807, 2.05) is 0 Å². The van der Waals surface area contributed by atoms with Gasteiger partial charge in [-0.25, -0.2) is 4.79 Å². The minimum Gasteiger partial charge on any atom is -0.409 e. The molecule has 5 heteroatoms. The third kappa shape index (κ3) is 5.38. The Balaban J connectivity index is 2.33. The molecule has 0 heterocycles. The van der Waals surface area contributed by atoms with Crippen LogP contribution in [0.25, 0.3) is 0 Å². The average molecular weight is 272 g/mol. The second-order valence-electron chi connectivity index (χ2n) is 4.01. The maximum Gasteiger partial charge on any atom is 0.439 e. The quantitative estimate of drug-likeness (QED) is 0.481. The zero-order valence-corrected chi connectivity index (χ0v) is 11.2. The summed E-state index contributed by atoms with van der Waals surface area (Å²) >= 11 is 5.71. The zero-order valence-electron chi connectivity index (χ0n) is 10.4. The van der Waals surface area contributed by atoms with Crippen molar-refractivity contribution in [1.82, 2.24) is 5.06 Å². The Morgan fingerprint density at radius 2 is 1.94 bits per heavy atom. The number of carbonyl (C=O) groups excluding carboxylic acids is 1. The fourth-order valence-electron chi connectivity index (χ4n) is 1.44. The van der Waals surface area contributed by atoms with Crippen molar-refractivity contribution in [1.29, 1.82) is 0 Å². The molecule has 1 amide bonds. The molecule has 1 rings (SSSR count). The molecule has 100 valence electrons. The molecule has 0 unspecified atom stereocenters. The summed E-state index contributed by atoms with van der Waals surface area (Å²) in [5, 5.41) is 10.6. The minimum atomic E-state index is -0.770. The smallest absolute Gasteiger partial charge is 0.409 e. The van der Waals surface area contributed by atoms with Gasteiger partial charge in [0.25, 0.3) is 0 Å². The Hall–Kier alpha value is -1.26. The zero-order chi connectivity index (χ0) is 13.4. The number of unbranched alkanes of at least 4 members (excludes halogenated alkanes) is 3. The number of hydroxylamine groups is 2. The first-order valence-electron chi connectivity index (χ1n) is 6.07. The molecule has 0 spiro atoms. The molecule has 1 aromatic carbocycles. The van der Waals surface area contributed by atoms with Crippen molar-refractivity contribution in [2.45, 2.75) is 32.6 Å². The molecule has 0 aliphatic rings. The summed E-state index contributed by atoms with van der Waals surface area (Å²) in [5.74, 6) is 0.358. The van der Waals surface area contributed by atoms with Gasteiger partial charge in [-0.05, 0) is 30.7 Å². The third-order valence-corrected chi connectivity index (χ3v) is 2.70. The fourth-order valence-corrected chi connectivity index (χ4v) is 1.56. The second-order valence-corrected chi connectivity index (χ2v) is 4.44. The molecule has 0 aliphatic heterocycles. The number of rotatable bonds is 6. The monoisotopic (exact) mass is 271 g/mol. The fraction of sp³-hybridized carbons (Fsp3) is 0.462. The summed E-state index contributed by atoms with van der Waals surface area (Å²) < 4.78 is 4.97. The third-order valence-electron chi connectivity index (χ3n) is 2.45. The minimum absolute atomic E-state index is 0.284. The Bertz CT molecular complexity index is 367. The highest BCUT2D eigenvalue weighted by Gasteiger charge is 2.12. The Kier molecular flexibility index (Phi) is 6.54. The van der Waals surface area contributed by atoms with Crippen LogP contribution in [0.1, 0.15) is 32.6 Å². The molecule has 0 radical (unpaired) electrons. The van der Waals surface area contributed by atoms with E-state index in [1.165, 1.54) is 0 Å². The Labute approximate surface area is 112 Å². The molecule has 0 bridgehead atoms. The standard InChI is InChI=1S/C13H18ClNO3/c1-2-3-4-5-10-15(17)13(16)18-12-8-6-11(14)7-9-12/h6-9,17H,2-5,10H2,1H3. The molecule has 1 N–H and O–H groups in total. The Morgan fingerprint density at radius 3 is 2.56 bits per heavy atom. The SMILES string of the molecule is CCCCCCN(O)C(=O)Oc1ccc(Cl)cc1. The van der Waals surface area contributed by atoms with Crippen LogP contribution in [0, 0.1) is 0 Å². The first-order chi connectivity index (χ1) is 8.63. The number of carbonyl (C=O) groups is 1. The van der Waals surface area contributed by atoms with Gasteiger partial charge in [-0.3, -0.25) is 5.21 Å². The lowest BCUT2D eigenvalue weighted by Crippen LogP contribution is -2.31. The van der Waals surface area contributed by atoms with Gasteiger partial charge in [-0.1, -0.05) is 37.8 Å². The van der Waals surface area contributed by atoms with Gasteiger partial charge in [-0.2, -0.15) is 5.06 Å². The Morgan fingerprint density at radius 1 is 1.28 bits per heavy atom. The van der Waals surface area contributed by atoms with Gasteiger partial charge < -0.3 is 4.74 Å². The number of benzene rings is 1. The van der Waals surface area contributed by atoms with E-state index >= 15 is 0 Å². The van der Waals surface area contributed by atoms with Gasteiger partial charge in [0, 0.05) is 5.02 Å². The van der Waals surface area contributed by atoms with E-state index in [4.69, 9.17) is 16.3 Å². The summed E-state index contributed by atoms with van der Waals surface area (Å²) in [6, 6.07) is 6.39. The predicted octanol–water partition coefficient (Wildman–Crippen LogP) is 4.11. The second kappa shape index (κ2) is 7.95. The van der Waals surface area contributed by atoms with E-state index in [1.54, 1.807) is 24.3 Å². The van der Waals surface area contributed by atoms with Crippen molar-refractivity contribution in [2.75, 3.05) is 6.54 Å². The summed E-state index contributed by atoms with van der Waals surface area (Å²) in [6.45, 7) is 2.39. The lowest BCUT2D eigenvalue weighted by molar-refractivity contribution is -0.0611. The summed E-state index contributed by atoms with van der Waals surface area (Å²) in [4.78, 5) is 11.5. The van der Waals surface area contributed by atoms with Crippen molar-refractivity contribution in [3.63, 3.8) is 0 Å². The highest BCUT2D eigenvalue weighted by Crippen LogP contribution is 2.16. The highest BCUT2D eigenvalue weighted by molar-refractivity contribution is 6.30. The number of hydrogen-bond acceptors (Lipinski definition) is 3. The number of ether oxygens (including phenoxy) is 1. The van der Waals surface area contributed by atoms with Crippen LogP contribution in [0.2, 0.25) is 5.02 Å². The summed E-state index contributed by atoms with van der Waals surface area (Å²) in [5.41, 5.74) is 0. The van der Waals surface area contributed by atoms with Gasteiger partial charge in [0.2, 0.25) is 0 Å². The molecular formula is C13H18ClNO3. The first kappa shape index (κ1) is 14.8. The van der Waals surface area contributed by atoms with E-state index < -0.39 is 6.09 Å². The molecular weight excluding hydrogens is 254 g/mol. The molecule has 0 atom stereocenters. The predicted molar refractivity (Wildman–Crippen MR) is 70.1 cm³/mol. The molecule has 0 aliphatic carbocycles. The van der Waals surface area contributed by atoms with Crippen molar-refractivity contribution >= 4 is 17.7 Å². The van der Waals surface area contributed by atoms with E-state index in [0.29, 0.717) is 15.8 Å². The maximum absolute atomic E-state index is 11.5. The van der Waals surface area contributed by atoms with Crippen LogP contribution in [0.3, 0.4) is 0 Å². The molecule has 4 nitrogen and oxygen atoms in total. The van der Waals surface area contributed by atoms with Crippen LogP contribution >= 0.6 is 11.6 Å². The van der Waals surface area contributed by atoms with Crippen LogP contribution < -0.4 is 4.74 Å². The van der Waals surface area contributed by atoms with Gasteiger partial charge >= 0.3 is 6.09 Å². The van der Waals surface area contributed by atoms with Crippen LogP contribution in [-0.4, -0.2) is 22.9 Å². The van der Waals surface area contributed by atoms with E-state index in [9.17, 15) is 10.0 Å². The number of nitrogens with zero attached hydrogens (tertiary/aromatic N) is 1. The van der Waals surface area contributed by atoms with Crippen LogP contribution in [0.15, 0.2) is 24.3 Å². The van der Waals surface area contributed by atoms with Crippen LogP contribution in [-0.2, 0) is 0 Å². The van der Waals surface area contributed by atoms with Crippen LogP contribution in [0.4, 0.5) is 4.79 Å². The molecule has 18 heavy (non-hydrogen) atoms. The summed E-state index contributed by atoms with van der Waals surface area (Å²) in [7, 11) is 0. The van der Waals surface area contributed by atoms with Gasteiger partial charge in [0.15, 0.2) is 0 Å².